The summed E-state index contributed by atoms with van der Waals surface area (Å²) in [4.78, 5) is 3.87. The highest BCUT2D eigenvalue weighted by molar-refractivity contribution is 7.89. The van der Waals surface area contributed by atoms with Gasteiger partial charge in [0.05, 0.1) is 10.5 Å². The van der Waals surface area contributed by atoms with Crippen LogP contribution in [0.1, 0.15) is 28.3 Å². The molecule has 3 rings (SSSR count). The molecular formula is C19H19F3N4O2S. The van der Waals surface area contributed by atoms with Gasteiger partial charge in [-0.1, -0.05) is 35.9 Å². The summed E-state index contributed by atoms with van der Waals surface area (Å²) in [6.45, 7) is 1.96. The molecule has 1 heterocycles. The van der Waals surface area contributed by atoms with E-state index in [9.17, 15) is 21.6 Å². The van der Waals surface area contributed by atoms with Gasteiger partial charge in [0.2, 0.25) is 10.0 Å². The highest BCUT2D eigenvalue weighted by Gasteiger charge is 2.31. The zero-order valence-electron chi connectivity index (χ0n) is 15.5. The van der Waals surface area contributed by atoms with Gasteiger partial charge in [-0.05, 0) is 30.7 Å². The maximum Gasteiger partial charge on any atom is 0.416 e. The van der Waals surface area contributed by atoms with Crippen molar-refractivity contribution in [2.45, 2.75) is 30.8 Å². The van der Waals surface area contributed by atoms with Gasteiger partial charge in [-0.15, -0.1) is 0 Å². The molecule has 0 fully saturated rings. The van der Waals surface area contributed by atoms with Crippen molar-refractivity contribution in [2.75, 3.05) is 6.54 Å². The Morgan fingerprint density at radius 3 is 2.52 bits per heavy atom. The smallest absolute Gasteiger partial charge is 0.263 e. The maximum absolute atomic E-state index is 12.8. The Balaban J connectivity index is 1.58. The Bertz CT molecular complexity index is 1080. The van der Waals surface area contributed by atoms with Crippen LogP contribution in [0.15, 0.2) is 53.4 Å². The van der Waals surface area contributed by atoms with Crippen molar-refractivity contribution in [1.29, 1.82) is 0 Å². The molecule has 154 valence electrons. The van der Waals surface area contributed by atoms with Gasteiger partial charge in [0.15, 0.2) is 5.82 Å². The molecule has 0 bridgehead atoms. The maximum atomic E-state index is 12.8. The second kappa shape index (κ2) is 8.34. The predicted octanol–water partition coefficient (Wildman–Crippen LogP) is 3.24. The largest absolute Gasteiger partial charge is 0.416 e. The van der Waals surface area contributed by atoms with Crippen molar-refractivity contribution < 1.29 is 21.6 Å². The van der Waals surface area contributed by atoms with Crippen molar-refractivity contribution in [3.05, 3.63) is 76.9 Å². The fourth-order valence-corrected chi connectivity index (χ4v) is 3.72. The van der Waals surface area contributed by atoms with Gasteiger partial charge in [0.1, 0.15) is 5.82 Å². The molecule has 1 aromatic heterocycles. The first kappa shape index (κ1) is 21.0. The van der Waals surface area contributed by atoms with Crippen LogP contribution in [0.4, 0.5) is 13.2 Å². The van der Waals surface area contributed by atoms with E-state index in [0.717, 1.165) is 29.3 Å². The highest BCUT2D eigenvalue weighted by atomic mass is 32.2. The molecule has 0 aliphatic carbocycles. The van der Waals surface area contributed by atoms with Gasteiger partial charge in [-0.2, -0.15) is 18.3 Å². The summed E-state index contributed by atoms with van der Waals surface area (Å²) >= 11 is 0. The lowest BCUT2D eigenvalue weighted by molar-refractivity contribution is -0.137. The van der Waals surface area contributed by atoms with Gasteiger partial charge in [0.25, 0.3) is 0 Å². The number of aromatic nitrogens is 3. The number of H-pyrrole nitrogens is 1. The summed E-state index contributed by atoms with van der Waals surface area (Å²) in [5.74, 6) is 1.06. The second-order valence-corrected chi connectivity index (χ2v) is 8.30. The molecule has 0 amide bonds. The Kier molecular flexibility index (Phi) is 6.04. The average molecular weight is 424 g/mol. The third-order valence-corrected chi connectivity index (χ3v) is 5.64. The predicted molar refractivity (Wildman–Crippen MR) is 101 cm³/mol. The Labute approximate surface area is 166 Å². The molecule has 0 saturated heterocycles. The second-order valence-electron chi connectivity index (χ2n) is 6.53. The number of aromatic amines is 1. The van der Waals surface area contributed by atoms with E-state index in [2.05, 4.69) is 19.9 Å². The monoisotopic (exact) mass is 424 g/mol. The van der Waals surface area contributed by atoms with Gasteiger partial charge in [0, 0.05) is 19.4 Å². The normalized spacial score (nSPS) is 12.3. The van der Waals surface area contributed by atoms with Crippen LogP contribution in [0, 0.1) is 6.92 Å². The Hall–Kier alpha value is -2.72. The minimum Gasteiger partial charge on any atom is -0.263 e. The summed E-state index contributed by atoms with van der Waals surface area (Å²) in [5.41, 5.74) is 1.19. The van der Waals surface area contributed by atoms with E-state index in [4.69, 9.17) is 0 Å². The zero-order valence-corrected chi connectivity index (χ0v) is 16.3. The summed E-state index contributed by atoms with van der Waals surface area (Å²) in [5, 5.41) is 6.86. The van der Waals surface area contributed by atoms with Gasteiger partial charge < -0.3 is 0 Å². The molecule has 0 spiro atoms. The molecule has 3 aromatic rings. The molecule has 0 saturated carbocycles. The fraction of sp³-hybridized carbons (Fsp3) is 0.263. The van der Waals surface area contributed by atoms with Crippen molar-refractivity contribution in [1.82, 2.24) is 19.9 Å². The van der Waals surface area contributed by atoms with Crippen LogP contribution in [0.2, 0.25) is 0 Å². The number of benzene rings is 2. The summed E-state index contributed by atoms with van der Waals surface area (Å²) < 4.78 is 65.1. The van der Waals surface area contributed by atoms with E-state index in [-0.39, 0.29) is 13.0 Å². The van der Waals surface area contributed by atoms with E-state index in [1.165, 1.54) is 0 Å². The molecule has 10 heteroatoms. The SMILES string of the molecule is Cc1ccc(Cc2nc(CCNS(=O)(=O)c3cccc(C(F)(F)F)c3)n[nH]2)cc1. The van der Waals surface area contributed by atoms with Crippen LogP contribution in [0.25, 0.3) is 0 Å². The molecule has 2 aromatic carbocycles. The third-order valence-electron chi connectivity index (χ3n) is 4.18. The first-order valence-electron chi connectivity index (χ1n) is 8.76. The molecule has 0 aliphatic rings. The molecule has 0 radical (unpaired) electrons. The lowest BCUT2D eigenvalue weighted by Gasteiger charge is -2.10. The van der Waals surface area contributed by atoms with E-state index in [1.54, 1.807) is 0 Å². The van der Waals surface area contributed by atoms with Crippen LogP contribution < -0.4 is 4.72 Å². The van der Waals surface area contributed by atoms with E-state index < -0.39 is 26.7 Å². The lowest BCUT2D eigenvalue weighted by atomic mass is 10.1. The fourth-order valence-electron chi connectivity index (χ4n) is 2.65. The number of hydrogen-bond donors (Lipinski definition) is 2. The number of hydrogen-bond acceptors (Lipinski definition) is 4. The Morgan fingerprint density at radius 2 is 1.83 bits per heavy atom. The topological polar surface area (TPSA) is 87.7 Å². The van der Waals surface area contributed by atoms with Crippen molar-refractivity contribution in [2.24, 2.45) is 0 Å². The molecule has 0 aliphatic heterocycles. The zero-order chi connectivity index (χ0) is 21.1. The summed E-state index contributed by atoms with van der Waals surface area (Å²) in [6.07, 6.45) is -3.86. The van der Waals surface area contributed by atoms with Crippen LogP contribution in [0.5, 0.6) is 0 Å². The molecule has 0 atom stereocenters. The average Bonchev–Trinajstić information content (AvgIpc) is 3.10. The number of sulfonamides is 1. The van der Waals surface area contributed by atoms with Crippen molar-refractivity contribution in [3.63, 3.8) is 0 Å². The van der Waals surface area contributed by atoms with Gasteiger partial charge >= 0.3 is 6.18 Å². The van der Waals surface area contributed by atoms with E-state index >= 15 is 0 Å². The summed E-state index contributed by atoms with van der Waals surface area (Å²) in [6, 6.07) is 11.6. The lowest BCUT2D eigenvalue weighted by Crippen LogP contribution is -2.26. The van der Waals surface area contributed by atoms with Crippen LogP contribution in [-0.4, -0.2) is 30.1 Å². The molecule has 6 nitrogen and oxygen atoms in total. The van der Waals surface area contributed by atoms with Crippen LogP contribution in [-0.2, 0) is 29.0 Å². The first-order valence-corrected chi connectivity index (χ1v) is 10.2. The van der Waals surface area contributed by atoms with E-state index in [0.29, 0.717) is 24.1 Å². The summed E-state index contributed by atoms with van der Waals surface area (Å²) in [7, 11) is -4.07. The quantitative estimate of drug-likeness (QED) is 0.610. The van der Waals surface area contributed by atoms with Crippen LogP contribution in [0.3, 0.4) is 0 Å². The number of rotatable bonds is 7. The third kappa shape index (κ3) is 5.64. The number of halogens is 3. The molecule has 0 unspecified atom stereocenters. The number of alkyl halides is 3. The Morgan fingerprint density at radius 1 is 1.10 bits per heavy atom. The minimum absolute atomic E-state index is 0.0413. The molecule has 2 N–H and O–H groups in total. The standard InChI is InChI=1S/C19H19F3N4O2S/c1-13-5-7-14(8-6-13)11-18-24-17(25-26-18)9-10-23-29(27,28)16-4-2-3-15(12-16)19(20,21)22/h2-8,12,23H,9-11H2,1H3,(H,24,25,26). The van der Waals surface area contributed by atoms with Gasteiger partial charge in [-0.3, -0.25) is 5.10 Å². The van der Waals surface area contributed by atoms with E-state index in [1.807, 2.05) is 31.2 Å². The first-order chi connectivity index (χ1) is 13.6. The number of nitrogens with one attached hydrogen (secondary N) is 2. The minimum atomic E-state index is -4.61. The number of aryl methyl sites for hydroxylation is 1. The molecular weight excluding hydrogens is 405 g/mol. The number of nitrogens with zero attached hydrogens (tertiary/aromatic N) is 2. The van der Waals surface area contributed by atoms with Crippen molar-refractivity contribution in [3.8, 4) is 0 Å². The van der Waals surface area contributed by atoms with Crippen molar-refractivity contribution >= 4 is 10.0 Å². The highest BCUT2D eigenvalue weighted by Crippen LogP contribution is 2.30. The van der Waals surface area contributed by atoms with Gasteiger partial charge in [-0.25, -0.2) is 18.1 Å². The van der Waals surface area contributed by atoms with Crippen LogP contribution >= 0.6 is 0 Å². The molecule has 29 heavy (non-hydrogen) atoms.